The average molecular weight is 487 g/mol. The highest BCUT2D eigenvalue weighted by atomic mass is 79.9. The molecule has 1 aliphatic heterocycles. The summed E-state index contributed by atoms with van der Waals surface area (Å²) in [5.74, 6) is 0.175. The summed E-state index contributed by atoms with van der Waals surface area (Å²) in [6.07, 6.45) is 1.38. The number of nitrogens with one attached hydrogen (secondary N) is 1. The first-order valence-corrected chi connectivity index (χ1v) is 11.0. The van der Waals surface area contributed by atoms with Crippen molar-refractivity contribution in [1.82, 2.24) is 15.1 Å². The Morgan fingerprint density at radius 2 is 2.03 bits per heavy atom. The lowest BCUT2D eigenvalue weighted by Gasteiger charge is -2.23. The van der Waals surface area contributed by atoms with E-state index in [1.807, 2.05) is 24.3 Å². The Morgan fingerprint density at radius 3 is 2.83 bits per heavy atom. The van der Waals surface area contributed by atoms with Crippen molar-refractivity contribution in [1.29, 1.82) is 0 Å². The van der Waals surface area contributed by atoms with Crippen LogP contribution in [-0.2, 0) is 4.79 Å². The molecule has 3 aromatic rings. The van der Waals surface area contributed by atoms with Gasteiger partial charge in [0.25, 0.3) is 5.91 Å². The summed E-state index contributed by atoms with van der Waals surface area (Å²) >= 11 is 4.74. The molecular weight excluding hydrogens is 468 g/mol. The predicted octanol–water partition coefficient (Wildman–Crippen LogP) is 4.22. The van der Waals surface area contributed by atoms with Crippen LogP contribution in [0.5, 0.6) is 5.75 Å². The van der Waals surface area contributed by atoms with Crippen LogP contribution < -0.4 is 10.1 Å². The molecule has 1 atom stereocenters. The van der Waals surface area contributed by atoms with Crippen molar-refractivity contribution in [3.63, 3.8) is 0 Å². The number of carbonyl (C=O) groups is 2. The second kappa shape index (κ2) is 8.93. The molecule has 9 heteroatoms. The van der Waals surface area contributed by atoms with Gasteiger partial charge in [-0.05, 0) is 43.2 Å². The normalized spacial score (nSPS) is 15.8. The van der Waals surface area contributed by atoms with E-state index in [1.54, 1.807) is 36.3 Å². The molecule has 0 spiro atoms. The van der Waals surface area contributed by atoms with Crippen LogP contribution in [0.2, 0.25) is 0 Å². The van der Waals surface area contributed by atoms with Crippen molar-refractivity contribution < 1.29 is 14.3 Å². The molecule has 1 saturated heterocycles. The molecule has 30 heavy (non-hydrogen) atoms. The maximum Gasteiger partial charge on any atom is 0.254 e. The number of carbonyl (C=O) groups excluding carboxylic acids is 2. The molecule has 1 aromatic heterocycles. The van der Waals surface area contributed by atoms with E-state index in [0.717, 1.165) is 16.5 Å². The Hall–Kier alpha value is -2.78. The summed E-state index contributed by atoms with van der Waals surface area (Å²) < 4.78 is 6.14. The van der Waals surface area contributed by atoms with Crippen LogP contribution in [0.15, 0.2) is 53.0 Å². The molecule has 4 rings (SSSR count). The highest BCUT2D eigenvalue weighted by Crippen LogP contribution is 2.29. The summed E-state index contributed by atoms with van der Waals surface area (Å²) in [4.78, 5) is 27.5. The highest BCUT2D eigenvalue weighted by molar-refractivity contribution is 9.10. The van der Waals surface area contributed by atoms with Crippen LogP contribution >= 0.6 is 27.3 Å². The zero-order chi connectivity index (χ0) is 21.1. The zero-order valence-corrected chi connectivity index (χ0v) is 18.6. The molecule has 0 bridgehead atoms. The summed E-state index contributed by atoms with van der Waals surface area (Å²) in [6, 6.07) is 14.1. The van der Waals surface area contributed by atoms with Crippen molar-refractivity contribution in [3.8, 4) is 16.3 Å². The fraction of sp³-hybridized carbons (Fsp3) is 0.238. The smallest absolute Gasteiger partial charge is 0.254 e. The van der Waals surface area contributed by atoms with Gasteiger partial charge in [0, 0.05) is 22.1 Å². The van der Waals surface area contributed by atoms with E-state index in [0.29, 0.717) is 34.4 Å². The number of halogens is 1. The van der Waals surface area contributed by atoms with E-state index in [1.165, 1.54) is 11.3 Å². The maximum absolute atomic E-state index is 13.0. The summed E-state index contributed by atoms with van der Waals surface area (Å²) in [5.41, 5.74) is 1.42. The summed E-state index contributed by atoms with van der Waals surface area (Å²) in [5, 5.41) is 12.2. The average Bonchev–Trinajstić information content (AvgIpc) is 3.43. The third-order valence-electron chi connectivity index (χ3n) is 4.86. The van der Waals surface area contributed by atoms with Gasteiger partial charge in [-0.1, -0.05) is 45.5 Å². The molecular formula is C21H19BrN4O3S. The second-order valence-corrected chi connectivity index (χ2v) is 8.69. The van der Waals surface area contributed by atoms with Crippen molar-refractivity contribution in [2.24, 2.45) is 0 Å². The first-order chi connectivity index (χ1) is 14.5. The molecule has 0 saturated carbocycles. The summed E-state index contributed by atoms with van der Waals surface area (Å²) in [7, 11) is 1.56. The van der Waals surface area contributed by atoms with Gasteiger partial charge in [0.15, 0.2) is 0 Å². The Labute approximate surface area is 186 Å². The van der Waals surface area contributed by atoms with Gasteiger partial charge < -0.3 is 9.64 Å². The molecule has 1 N–H and O–H groups in total. The first kappa shape index (κ1) is 20.5. The van der Waals surface area contributed by atoms with Gasteiger partial charge in [-0.2, -0.15) is 0 Å². The largest absolute Gasteiger partial charge is 0.497 e. The van der Waals surface area contributed by atoms with Crippen molar-refractivity contribution >= 4 is 44.2 Å². The first-order valence-electron chi connectivity index (χ1n) is 9.40. The minimum absolute atomic E-state index is 0.182. The molecule has 7 nitrogen and oxygen atoms in total. The van der Waals surface area contributed by atoms with Gasteiger partial charge in [0.2, 0.25) is 11.0 Å². The highest BCUT2D eigenvalue weighted by Gasteiger charge is 2.35. The van der Waals surface area contributed by atoms with Crippen LogP contribution in [-0.4, -0.2) is 46.6 Å². The van der Waals surface area contributed by atoms with Gasteiger partial charge in [0.05, 0.1) is 7.11 Å². The van der Waals surface area contributed by atoms with Crippen LogP contribution in [0.1, 0.15) is 23.2 Å². The number of anilines is 1. The van der Waals surface area contributed by atoms with Gasteiger partial charge >= 0.3 is 0 Å². The van der Waals surface area contributed by atoms with E-state index in [2.05, 4.69) is 31.4 Å². The maximum atomic E-state index is 13.0. The van der Waals surface area contributed by atoms with Crippen molar-refractivity contribution in [2.75, 3.05) is 19.0 Å². The lowest BCUT2D eigenvalue weighted by atomic mass is 10.1. The Bertz CT molecular complexity index is 1090. The summed E-state index contributed by atoms with van der Waals surface area (Å²) in [6.45, 7) is 0.535. The van der Waals surface area contributed by atoms with E-state index in [-0.39, 0.29) is 11.8 Å². The van der Waals surface area contributed by atoms with Gasteiger partial charge in [-0.3, -0.25) is 14.9 Å². The fourth-order valence-electron chi connectivity index (χ4n) is 3.40. The van der Waals surface area contributed by atoms with Crippen LogP contribution in [0.4, 0.5) is 5.13 Å². The molecule has 1 fully saturated rings. The van der Waals surface area contributed by atoms with Crippen molar-refractivity contribution in [3.05, 3.63) is 58.6 Å². The number of rotatable bonds is 5. The molecule has 2 amide bonds. The zero-order valence-electron chi connectivity index (χ0n) is 16.2. The number of ether oxygens (including phenoxy) is 1. The molecule has 0 unspecified atom stereocenters. The van der Waals surface area contributed by atoms with Crippen molar-refractivity contribution in [2.45, 2.75) is 18.9 Å². The lowest BCUT2D eigenvalue weighted by molar-refractivity contribution is -0.119. The minimum atomic E-state index is -0.540. The van der Waals surface area contributed by atoms with E-state index in [9.17, 15) is 9.59 Å². The molecule has 154 valence electrons. The van der Waals surface area contributed by atoms with E-state index < -0.39 is 6.04 Å². The van der Waals surface area contributed by atoms with Crippen LogP contribution in [0.25, 0.3) is 10.6 Å². The van der Waals surface area contributed by atoms with Gasteiger partial charge in [-0.15, -0.1) is 10.2 Å². The van der Waals surface area contributed by atoms with E-state index in [4.69, 9.17) is 4.74 Å². The molecule has 0 radical (unpaired) electrons. The third kappa shape index (κ3) is 4.36. The standard InChI is InChI=1S/C21H19BrN4O3S/c1-29-16-8-3-6-14(12-16)20(28)26-10-4-9-17(26)18(27)23-21-25-24-19(30-21)13-5-2-7-15(22)11-13/h2-3,5-8,11-12,17H,4,9-10H2,1H3,(H,23,25,27)/t17-/m1/s1. The SMILES string of the molecule is COc1cccc(C(=O)N2CCC[C@@H]2C(=O)Nc2nnc(-c3cccc(Br)c3)s2)c1. The van der Waals surface area contributed by atoms with E-state index >= 15 is 0 Å². The lowest BCUT2D eigenvalue weighted by Crippen LogP contribution is -2.43. The number of benzene rings is 2. The Morgan fingerprint density at radius 1 is 1.20 bits per heavy atom. The molecule has 1 aliphatic rings. The van der Waals surface area contributed by atoms with Crippen LogP contribution in [0.3, 0.4) is 0 Å². The predicted molar refractivity (Wildman–Crippen MR) is 119 cm³/mol. The Kier molecular flexibility index (Phi) is 6.10. The minimum Gasteiger partial charge on any atom is -0.497 e. The van der Waals surface area contributed by atoms with Gasteiger partial charge in [-0.25, -0.2) is 0 Å². The quantitative estimate of drug-likeness (QED) is 0.583. The monoisotopic (exact) mass is 486 g/mol. The third-order valence-corrected chi connectivity index (χ3v) is 6.24. The number of hydrogen-bond donors (Lipinski definition) is 1. The number of aromatic nitrogens is 2. The number of nitrogens with zero attached hydrogens (tertiary/aromatic N) is 3. The number of amides is 2. The molecule has 2 heterocycles. The molecule has 0 aliphatic carbocycles. The van der Waals surface area contributed by atoms with Crippen LogP contribution in [0, 0.1) is 0 Å². The fourth-order valence-corrected chi connectivity index (χ4v) is 4.55. The number of methoxy groups -OCH3 is 1. The van der Waals surface area contributed by atoms with Gasteiger partial charge in [0.1, 0.15) is 16.8 Å². The Balaban J connectivity index is 1.47. The molecule has 2 aromatic carbocycles. The number of hydrogen-bond acceptors (Lipinski definition) is 6. The number of likely N-dealkylation sites (tertiary alicyclic amines) is 1. The topological polar surface area (TPSA) is 84.4 Å². The second-order valence-electron chi connectivity index (χ2n) is 6.80.